The Bertz CT molecular complexity index is 667. The minimum absolute atomic E-state index is 0.0598. The number of rotatable bonds is 8. The lowest BCUT2D eigenvalue weighted by molar-refractivity contribution is -0.123. The lowest BCUT2D eigenvalue weighted by atomic mass is 10.0. The Morgan fingerprint density at radius 3 is 2.33 bits per heavy atom. The van der Waals surface area contributed by atoms with Gasteiger partial charge in [0.1, 0.15) is 6.04 Å². The highest BCUT2D eigenvalue weighted by Gasteiger charge is 2.31. The zero-order valence-corrected chi connectivity index (χ0v) is 15.3. The summed E-state index contributed by atoms with van der Waals surface area (Å²) in [5, 5.41) is 2.78. The van der Waals surface area contributed by atoms with E-state index in [4.69, 9.17) is 5.73 Å². The number of carbonyl (C=O) groups excluding carboxylic acids is 1. The van der Waals surface area contributed by atoms with Crippen LogP contribution in [0.5, 0.6) is 0 Å². The fourth-order valence-corrected chi connectivity index (χ4v) is 3.81. The summed E-state index contributed by atoms with van der Waals surface area (Å²) in [5.41, 5.74) is 6.96. The average Bonchev–Trinajstić information content (AvgIpc) is 3.35. The highest BCUT2D eigenvalue weighted by Crippen LogP contribution is 2.31. The van der Waals surface area contributed by atoms with Crippen molar-refractivity contribution in [2.24, 2.45) is 17.6 Å². The van der Waals surface area contributed by atoms with Gasteiger partial charge in [0.2, 0.25) is 15.9 Å². The molecule has 0 aromatic heterocycles. The second-order valence-corrected chi connectivity index (χ2v) is 8.62. The number of hydrogen-bond donors (Lipinski definition) is 3. The molecule has 2 unspecified atom stereocenters. The third-order valence-electron chi connectivity index (χ3n) is 4.30. The molecule has 0 aliphatic heterocycles. The second-order valence-electron chi connectivity index (χ2n) is 6.90. The molecule has 0 radical (unpaired) electrons. The van der Waals surface area contributed by atoms with E-state index in [-0.39, 0.29) is 22.8 Å². The first kappa shape index (κ1) is 18.9. The molecule has 6 nitrogen and oxygen atoms in total. The fraction of sp³-hybridized carbons (Fsp3) is 0.588. The standard InChI is InChI=1S/C17H27N3O3S/c1-11(2)16(17(21)19-10-15(18)13-6-7-13)20-24(22,23)14-8-4-12(3)5-9-14/h4-5,8-9,11,13,15-16,20H,6-7,10,18H2,1-3H3,(H,19,21). The maximum Gasteiger partial charge on any atom is 0.241 e. The van der Waals surface area contributed by atoms with Crippen molar-refractivity contribution in [2.75, 3.05) is 6.54 Å². The van der Waals surface area contributed by atoms with Crippen molar-refractivity contribution in [3.63, 3.8) is 0 Å². The van der Waals surface area contributed by atoms with Crippen LogP contribution < -0.4 is 15.8 Å². The van der Waals surface area contributed by atoms with E-state index < -0.39 is 16.1 Å². The van der Waals surface area contributed by atoms with Crippen molar-refractivity contribution < 1.29 is 13.2 Å². The predicted octanol–water partition coefficient (Wildman–Crippen LogP) is 1.15. The summed E-state index contributed by atoms with van der Waals surface area (Å²) in [6.07, 6.45) is 2.20. The molecule has 24 heavy (non-hydrogen) atoms. The summed E-state index contributed by atoms with van der Waals surface area (Å²) in [7, 11) is -3.75. The minimum Gasteiger partial charge on any atom is -0.353 e. The molecule has 2 atom stereocenters. The van der Waals surface area contributed by atoms with E-state index in [1.54, 1.807) is 12.1 Å². The molecule has 1 fully saturated rings. The number of nitrogens with two attached hydrogens (primary N) is 1. The monoisotopic (exact) mass is 353 g/mol. The van der Waals surface area contributed by atoms with E-state index in [2.05, 4.69) is 10.0 Å². The third-order valence-corrected chi connectivity index (χ3v) is 5.76. The summed E-state index contributed by atoms with van der Waals surface area (Å²) in [4.78, 5) is 12.6. The number of benzene rings is 1. The van der Waals surface area contributed by atoms with Crippen molar-refractivity contribution in [2.45, 2.75) is 50.6 Å². The molecule has 0 bridgehead atoms. The van der Waals surface area contributed by atoms with Gasteiger partial charge in [-0.15, -0.1) is 0 Å². The number of carbonyl (C=O) groups is 1. The summed E-state index contributed by atoms with van der Waals surface area (Å²) >= 11 is 0. The van der Waals surface area contributed by atoms with Gasteiger partial charge in [0, 0.05) is 12.6 Å². The molecular formula is C17H27N3O3S. The Morgan fingerprint density at radius 2 is 1.83 bits per heavy atom. The average molecular weight is 353 g/mol. The summed E-state index contributed by atoms with van der Waals surface area (Å²) in [5.74, 6) is -0.0359. The molecular weight excluding hydrogens is 326 g/mol. The molecule has 1 aliphatic rings. The van der Waals surface area contributed by atoms with Crippen LogP contribution in [0.25, 0.3) is 0 Å². The van der Waals surface area contributed by atoms with Gasteiger partial charge in [0.05, 0.1) is 4.90 Å². The maximum atomic E-state index is 12.5. The number of hydrogen-bond acceptors (Lipinski definition) is 4. The Kier molecular flexibility index (Phi) is 6.01. The highest BCUT2D eigenvalue weighted by molar-refractivity contribution is 7.89. The third kappa shape index (κ3) is 5.03. The Balaban J connectivity index is 2.03. The van der Waals surface area contributed by atoms with Crippen molar-refractivity contribution in [1.29, 1.82) is 0 Å². The normalized spacial score (nSPS) is 17.5. The van der Waals surface area contributed by atoms with E-state index in [1.165, 1.54) is 12.1 Å². The van der Waals surface area contributed by atoms with Crippen LogP contribution in [0.15, 0.2) is 29.2 Å². The van der Waals surface area contributed by atoms with E-state index >= 15 is 0 Å². The summed E-state index contributed by atoms with van der Waals surface area (Å²) in [6, 6.07) is 5.64. The molecule has 0 spiro atoms. The summed E-state index contributed by atoms with van der Waals surface area (Å²) < 4.78 is 27.5. The van der Waals surface area contributed by atoms with Gasteiger partial charge in [-0.05, 0) is 43.7 Å². The van der Waals surface area contributed by atoms with Gasteiger partial charge in [-0.2, -0.15) is 4.72 Å². The molecule has 1 saturated carbocycles. The van der Waals surface area contributed by atoms with Crippen LogP contribution in [-0.2, 0) is 14.8 Å². The predicted molar refractivity (Wildman–Crippen MR) is 93.8 cm³/mol. The Labute approximate surface area is 144 Å². The smallest absolute Gasteiger partial charge is 0.241 e. The fourth-order valence-electron chi connectivity index (χ4n) is 2.46. The first-order valence-electron chi connectivity index (χ1n) is 8.33. The van der Waals surface area contributed by atoms with Crippen LogP contribution >= 0.6 is 0 Å². The lowest BCUT2D eigenvalue weighted by Gasteiger charge is -2.22. The van der Waals surface area contributed by atoms with E-state index in [0.717, 1.165) is 18.4 Å². The van der Waals surface area contributed by atoms with Crippen LogP contribution in [0.4, 0.5) is 0 Å². The van der Waals surface area contributed by atoms with E-state index in [0.29, 0.717) is 12.5 Å². The van der Waals surface area contributed by atoms with Crippen LogP contribution in [-0.4, -0.2) is 33.0 Å². The topological polar surface area (TPSA) is 101 Å². The molecule has 134 valence electrons. The van der Waals surface area contributed by atoms with Gasteiger partial charge in [-0.25, -0.2) is 8.42 Å². The second kappa shape index (κ2) is 7.63. The van der Waals surface area contributed by atoms with Crippen LogP contribution in [0, 0.1) is 18.8 Å². The molecule has 1 aromatic rings. The van der Waals surface area contributed by atoms with Crippen molar-refractivity contribution in [3.05, 3.63) is 29.8 Å². The molecule has 4 N–H and O–H groups in total. The van der Waals surface area contributed by atoms with Gasteiger partial charge in [-0.3, -0.25) is 4.79 Å². The van der Waals surface area contributed by atoms with E-state index in [9.17, 15) is 13.2 Å². The number of nitrogens with one attached hydrogen (secondary N) is 2. The molecule has 0 saturated heterocycles. The molecule has 0 heterocycles. The first-order valence-corrected chi connectivity index (χ1v) is 9.81. The van der Waals surface area contributed by atoms with Crippen LogP contribution in [0.3, 0.4) is 0 Å². The molecule has 1 aliphatic carbocycles. The van der Waals surface area contributed by atoms with Gasteiger partial charge < -0.3 is 11.1 Å². The van der Waals surface area contributed by atoms with Crippen molar-refractivity contribution in [1.82, 2.24) is 10.0 Å². The zero-order chi connectivity index (χ0) is 17.9. The molecule has 7 heteroatoms. The molecule has 1 amide bonds. The van der Waals surface area contributed by atoms with Crippen LogP contribution in [0.1, 0.15) is 32.3 Å². The highest BCUT2D eigenvalue weighted by atomic mass is 32.2. The number of aryl methyl sites for hydroxylation is 1. The molecule has 1 aromatic carbocycles. The largest absolute Gasteiger partial charge is 0.353 e. The van der Waals surface area contributed by atoms with Gasteiger partial charge in [-0.1, -0.05) is 31.5 Å². The minimum atomic E-state index is -3.75. The van der Waals surface area contributed by atoms with Crippen molar-refractivity contribution in [3.8, 4) is 0 Å². The lowest BCUT2D eigenvalue weighted by Crippen LogP contribution is -2.51. The van der Waals surface area contributed by atoms with Gasteiger partial charge >= 0.3 is 0 Å². The van der Waals surface area contributed by atoms with Gasteiger partial charge in [0.25, 0.3) is 0 Å². The quantitative estimate of drug-likeness (QED) is 0.652. The Hall–Kier alpha value is -1.44. The van der Waals surface area contributed by atoms with Crippen LogP contribution in [0.2, 0.25) is 0 Å². The Morgan fingerprint density at radius 1 is 1.25 bits per heavy atom. The SMILES string of the molecule is Cc1ccc(S(=O)(=O)NC(C(=O)NCC(N)C2CC2)C(C)C)cc1. The molecule has 2 rings (SSSR count). The summed E-state index contributed by atoms with van der Waals surface area (Å²) in [6.45, 7) is 5.88. The number of sulfonamides is 1. The maximum absolute atomic E-state index is 12.5. The van der Waals surface area contributed by atoms with E-state index in [1.807, 2.05) is 20.8 Å². The zero-order valence-electron chi connectivity index (χ0n) is 14.5. The van der Waals surface area contributed by atoms with Crippen molar-refractivity contribution >= 4 is 15.9 Å². The number of amides is 1. The first-order chi connectivity index (χ1) is 11.2. The van der Waals surface area contributed by atoms with Gasteiger partial charge in [0.15, 0.2) is 0 Å².